The number of rotatable bonds is 1. The summed E-state index contributed by atoms with van der Waals surface area (Å²) in [6.45, 7) is 0. The molecular formula is C11H14O. The summed E-state index contributed by atoms with van der Waals surface area (Å²) in [5.74, 6) is 4.56. The highest BCUT2D eigenvalue weighted by atomic mass is 16.5. The van der Waals surface area contributed by atoms with Gasteiger partial charge in [-0.05, 0) is 36.7 Å². The molecule has 0 radical (unpaired) electrons. The molecule has 0 amide bonds. The molecule has 0 N–H and O–H groups in total. The SMILES string of the molecule is COC1=CC2CC1C1CC=CC21. The van der Waals surface area contributed by atoms with E-state index in [1.165, 1.54) is 18.6 Å². The first-order valence-electron chi connectivity index (χ1n) is 4.82. The first-order valence-corrected chi connectivity index (χ1v) is 4.82. The second-order valence-electron chi connectivity index (χ2n) is 4.18. The van der Waals surface area contributed by atoms with Crippen LogP contribution in [0.1, 0.15) is 12.8 Å². The fraction of sp³-hybridized carbons (Fsp3) is 0.636. The van der Waals surface area contributed by atoms with Gasteiger partial charge in [0.2, 0.25) is 0 Å². The number of fused-ring (bicyclic) bond motifs is 5. The van der Waals surface area contributed by atoms with Gasteiger partial charge in [0.05, 0.1) is 12.9 Å². The largest absolute Gasteiger partial charge is 0.501 e. The van der Waals surface area contributed by atoms with Crippen LogP contribution in [-0.4, -0.2) is 7.11 Å². The molecule has 1 fully saturated rings. The predicted molar refractivity (Wildman–Crippen MR) is 47.4 cm³/mol. The number of allylic oxidation sites excluding steroid dienone is 4. The maximum Gasteiger partial charge on any atom is 0.0952 e. The van der Waals surface area contributed by atoms with Crippen LogP contribution in [0.3, 0.4) is 0 Å². The average Bonchev–Trinajstić information content (AvgIpc) is 2.75. The Labute approximate surface area is 73.1 Å². The Morgan fingerprint density at radius 1 is 1.50 bits per heavy atom. The Bertz CT molecular complexity index is 264. The van der Waals surface area contributed by atoms with Crippen LogP contribution in [0.15, 0.2) is 24.0 Å². The highest BCUT2D eigenvalue weighted by Gasteiger charge is 2.48. The fourth-order valence-corrected chi connectivity index (χ4v) is 3.27. The van der Waals surface area contributed by atoms with Gasteiger partial charge in [-0.3, -0.25) is 0 Å². The van der Waals surface area contributed by atoms with Gasteiger partial charge in [-0.15, -0.1) is 0 Å². The maximum atomic E-state index is 5.39. The number of hydrogen-bond acceptors (Lipinski definition) is 1. The zero-order valence-corrected chi connectivity index (χ0v) is 7.36. The predicted octanol–water partition coefficient (Wildman–Crippen LogP) is 2.36. The van der Waals surface area contributed by atoms with Gasteiger partial charge >= 0.3 is 0 Å². The van der Waals surface area contributed by atoms with Gasteiger partial charge in [-0.2, -0.15) is 0 Å². The summed E-state index contributed by atoms with van der Waals surface area (Å²) in [5, 5.41) is 0. The molecule has 3 aliphatic carbocycles. The first kappa shape index (κ1) is 6.76. The zero-order chi connectivity index (χ0) is 8.13. The molecule has 0 heterocycles. The summed E-state index contributed by atoms with van der Waals surface area (Å²) in [5.41, 5.74) is 0. The van der Waals surface area contributed by atoms with Gasteiger partial charge in [0.15, 0.2) is 0 Å². The molecule has 1 heteroatoms. The number of hydrogen-bond donors (Lipinski definition) is 0. The molecule has 0 spiro atoms. The molecule has 2 bridgehead atoms. The van der Waals surface area contributed by atoms with E-state index in [1.807, 2.05) is 7.11 Å². The van der Waals surface area contributed by atoms with Crippen LogP contribution >= 0.6 is 0 Å². The van der Waals surface area contributed by atoms with Crippen molar-refractivity contribution < 1.29 is 4.74 Å². The quantitative estimate of drug-likeness (QED) is 0.538. The molecule has 1 saturated carbocycles. The Balaban J connectivity index is 1.95. The monoisotopic (exact) mass is 162 g/mol. The van der Waals surface area contributed by atoms with Crippen molar-refractivity contribution in [2.75, 3.05) is 7.11 Å². The Morgan fingerprint density at radius 2 is 2.42 bits per heavy atom. The summed E-state index contributed by atoms with van der Waals surface area (Å²) in [4.78, 5) is 0. The Hall–Kier alpha value is -0.720. The lowest BCUT2D eigenvalue weighted by Crippen LogP contribution is -2.17. The fourth-order valence-electron chi connectivity index (χ4n) is 3.27. The third kappa shape index (κ3) is 0.650. The van der Waals surface area contributed by atoms with Crippen molar-refractivity contribution in [2.45, 2.75) is 12.8 Å². The molecule has 4 unspecified atom stereocenters. The van der Waals surface area contributed by atoms with Crippen molar-refractivity contribution in [1.82, 2.24) is 0 Å². The lowest BCUT2D eigenvalue weighted by atomic mass is 9.85. The molecule has 0 aromatic heterocycles. The molecule has 64 valence electrons. The van der Waals surface area contributed by atoms with E-state index < -0.39 is 0 Å². The normalized spacial score (nSPS) is 47.9. The minimum atomic E-state index is 0.750. The molecule has 3 rings (SSSR count). The van der Waals surface area contributed by atoms with Crippen molar-refractivity contribution in [1.29, 1.82) is 0 Å². The number of ether oxygens (including phenoxy) is 1. The van der Waals surface area contributed by atoms with E-state index in [2.05, 4.69) is 18.2 Å². The first-order chi connectivity index (χ1) is 5.90. The van der Waals surface area contributed by atoms with Gasteiger partial charge in [-0.25, -0.2) is 0 Å². The summed E-state index contributed by atoms with van der Waals surface area (Å²) in [7, 11) is 1.81. The summed E-state index contributed by atoms with van der Waals surface area (Å²) in [6, 6.07) is 0. The van der Waals surface area contributed by atoms with Crippen molar-refractivity contribution >= 4 is 0 Å². The van der Waals surface area contributed by atoms with Crippen LogP contribution in [0.5, 0.6) is 0 Å². The van der Waals surface area contributed by atoms with Gasteiger partial charge in [-0.1, -0.05) is 12.2 Å². The Morgan fingerprint density at radius 3 is 3.25 bits per heavy atom. The lowest BCUT2D eigenvalue weighted by Gasteiger charge is -2.23. The van der Waals surface area contributed by atoms with Crippen molar-refractivity contribution in [3.05, 3.63) is 24.0 Å². The third-order valence-electron chi connectivity index (χ3n) is 3.78. The maximum absolute atomic E-state index is 5.39. The van der Waals surface area contributed by atoms with E-state index in [-0.39, 0.29) is 0 Å². The van der Waals surface area contributed by atoms with E-state index in [1.54, 1.807) is 0 Å². The molecule has 3 aliphatic rings. The Kier molecular flexibility index (Phi) is 1.21. The molecule has 0 aromatic rings. The van der Waals surface area contributed by atoms with Crippen molar-refractivity contribution in [2.24, 2.45) is 23.7 Å². The molecule has 0 saturated heterocycles. The van der Waals surface area contributed by atoms with Gasteiger partial charge in [0.25, 0.3) is 0 Å². The van der Waals surface area contributed by atoms with Crippen LogP contribution in [0, 0.1) is 23.7 Å². The standard InChI is InChI=1S/C11H14O/c1-12-11-6-7-5-10(11)9-4-2-3-8(7)9/h2-3,6-10H,4-5H2,1H3. The molecule has 1 nitrogen and oxygen atoms in total. The zero-order valence-electron chi connectivity index (χ0n) is 7.36. The van der Waals surface area contributed by atoms with Crippen LogP contribution in [0.2, 0.25) is 0 Å². The molecular weight excluding hydrogens is 148 g/mol. The van der Waals surface area contributed by atoms with E-state index in [9.17, 15) is 0 Å². The second kappa shape index (κ2) is 2.15. The third-order valence-corrected chi connectivity index (χ3v) is 3.78. The van der Waals surface area contributed by atoms with Gasteiger partial charge in [0, 0.05) is 5.92 Å². The molecule has 0 aliphatic heterocycles. The van der Waals surface area contributed by atoms with E-state index in [0.717, 1.165) is 23.7 Å². The van der Waals surface area contributed by atoms with Crippen LogP contribution in [-0.2, 0) is 4.74 Å². The van der Waals surface area contributed by atoms with Crippen molar-refractivity contribution in [3.8, 4) is 0 Å². The highest BCUT2D eigenvalue weighted by Crippen LogP contribution is 2.55. The number of methoxy groups -OCH3 is 1. The second-order valence-corrected chi connectivity index (χ2v) is 4.18. The van der Waals surface area contributed by atoms with Crippen molar-refractivity contribution in [3.63, 3.8) is 0 Å². The molecule has 12 heavy (non-hydrogen) atoms. The smallest absolute Gasteiger partial charge is 0.0952 e. The van der Waals surface area contributed by atoms with E-state index in [0.29, 0.717) is 0 Å². The van der Waals surface area contributed by atoms with E-state index >= 15 is 0 Å². The summed E-state index contributed by atoms with van der Waals surface area (Å²) in [6.07, 6.45) is 9.75. The minimum absolute atomic E-state index is 0.750. The van der Waals surface area contributed by atoms with E-state index in [4.69, 9.17) is 4.74 Å². The molecule has 4 atom stereocenters. The summed E-state index contributed by atoms with van der Waals surface area (Å²) >= 11 is 0. The highest BCUT2D eigenvalue weighted by molar-refractivity contribution is 5.25. The minimum Gasteiger partial charge on any atom is -0.501 e. The molecule has 0 aromatic carbocycles. The van der Waals surface area contributed by atoms with Crippen LogP contribution < -0.4 is 0 Å². The lowest BCUT2D eigenvalue weighted by molar-refractivity contribution is 0.211. The topological polar surface area (TPSA) is 9.23 Å². The van der Waals surface area contributed by atoms with Crippen LogP contribution in [0.25, 0.3) is 0 Å². The summed E-state index contributed by atoms with van der Waals surface area (Å²) < 4.78 is 5.39. The van der Waals surface area contributed by atoms with Gasteiger partial charge in [0.1, 0.15) is 0 Å². The van der Waals surface area contributed by atoms with Crippen LogP contribution in [0.4, 0.5) is 0 Å². The van der Waals surface area contributed by atoms with Gasteiger partial charge < -0.3 is 4.74 Å². The average molecular weight is 162 g/mol.